The number of sulfonamides is 1. The zero-order valence-corrected chi connectivity index (χ0v) is 18.1. The number of piperidine rings is 1. The molecule has 2 fully saturated rings. The first-order valence-corrected chi connectivity index (χ1v) is 11.3. The van der Waals surface area contributed by atoms with E-state index in [1.165, 1.54) is 30.7 Å². The summed E-state index contributed by atoms with van der Waals surface area (Å²) < 4.78 is 37.8. The van der Waals surface area contributed by atoms with Gasteiger partial charge in [-0.3, -0.25) is 10.2 Å². The smallest absolute Gasteiger partial charge is 0.243 e. The second-order valence-electron chi connectivity index (χ2n) is 7.46. The number of hydrazine groups is 1. The van der Waals surface area contributed by atoms with Gasteiger partial charge in [-0.25, -0.2) is 13.4 Å². The minimum absolute atomic E-state index is 0.0160. The lowest BCUT2D eigenvalue weighted by atomic mass is 9.97. The van der Waals surface area contributed by atoms with Crippen LogP contribution in [-0.4, -0.2) is 89.1 Å². The molecule has 10 heteroatoms. The summed E-state index contributed by atoms with van der Waals surface area (Å²) in [6.07, 6.45) is 1.01. The van der Waals surface area contributed by atoms with Crippen LogP contribution >= 0.6 is 0 Å². The molecule has 0 spiro atoms. The van der Waals surface area contributed by atoms with Crippen molar-refractivity contribution in [3.63, 3.8) is 0 Å². The average Bonchev–Trinajstić information content (AvgIpc) is 2.74. The molecule has 0 aromatic heterocycles. The zero-order chi connectivity index (χ0) is 21.0. The van der Waals surface area contributed by atoms with Crippen molar-refractivity contribution in [2.45, 2.75) is 17.7 Å². The first kappa shape index (κ1) is 21.8. The fraction of sp³-hybridized carbons (Fsp3) is 0.632. The fourth-order valence-electron chi connectivity index (χ4n) is 3.65. The number of piperazine rings is 1. The molecule has 0 unspecified atom stereocenters. The van der Waals surface area contributed by atoms with E-state index in [9.17, 15) is 13.2 Å². The number of ether oxygens (including phenoxy) is 2. The molecule has 2 aliphatic rings. The third-order valence-electron chi connectivity index (χ3n) is 5.59. The Morgan fingerprint density at radius 1 is 1.00 bits per heavy atom. The van der Waals surface area contributed by atoms with Crippen LogP contribution in [0.3, 0.4) is 0 Å². The highest BCUT2D eigenvalue weighted by atomic mass is 32.2. The van der Waals surface area contributed by atoms with Gasteiger partial charge in [0.2, 0.25) is 15.9 Å². The van der Waals surface area contributed by atoms with Gasteiger partial charge in [-0.05, 0) is 32.0 Å². The van der Waals surface area contributed by atoms with Gasteiger partial charge in [0.05, 0.1) is 19.1 Å². The Balaban J connectivity index is 1.58. The summed E-state index contributed by atoms with van der Waals surface area (Å²) >= 11 is 0. The molecule has 2 heterocycles. The van der Waals surface area contributed by atoms with E-state index in [0.717, 1.165) is 26.2 Å². The van der Waals surface area contributed by atoms with E-state index in [-0.39, 0.29) is 16.7 Å². The van der Waals surface area contributed by atoms with Crippen molar-refractivity contribution in [1.82, 2.24) is 19.6 Å². The van der Waals surface area contributed by atoms with E-state index in [4.69, 9.17) is 9.47 Å². The van der Waals surface area contributed by atoms with Gasteiger partial charge in [0.25, 0.3) is 0 Å². The van der Waals surface area contributed by atoms with Crippen LogP contribution in [0.5, 0.6) is 11.5 Å². The van der Waals surface area contributed by atoms with Crippen LogP contribution in [0, 0.1) is 5.92 Å². The Kier molecular flexibility index (Phi) is 6.99. The van der Waals surface area contributed by atoms with Crippen LogP contribution in [0.4, 0.5) is 0 Å². The molecule has 0 atom stereocenters. The number of nitrogens with zero attached hydrogens (tertiary/aromatic N) is 3. The topological polar surface area (TPSA) is 91.4 Å². The molecule has 0 aliphatic carbocycles. The summed E-state index contributed by atoms with van der Waals surface area (Å²) in [4.78, 5) is 14.9. The maximum Gasteiger partial charge on any atom is 0.243 e. The summed E-state index contributed by atoms with van der Waals surface area (Å²) in [5.41, 5.74) is 2.99. The van der Waals surface area contributed by atoms with Crippen molar-refractivity contribution in [2.24, 2.45) is 5.92 Å². The van der Waals surface area contributed by atoms with Gasteiger partial charge in [-0.15, -0.1) is 0 Å². The number of methoxy groups -OCH3 is 2. The first-order chi connectivity index (χ1) is 13.8. The predicted molar refractivity (Wildman–Crippen MR) is 108 cm³/mol. The van der Waals surface area contributed by atoms with Crippen LogP contribution in [0.15, 0.2) is 23.1 Å². The number of hydrogen-bond donors (Lipinski definition) is 1. The molecule has 1 aromatic carbocycles. The quantitative estimate of drug-likeness (QED) is 0.703. The van der Waals surface area contributed by atoms with Crippen molar-refractivity contribution < 1.29 is 22.7 Å². The van der Waals surface area contributed by atoms with Crippen molar-refractivity contribution >= 4 is 15.9 Å². The van der Waals surface area contributed by atoms with Gasteiger partial charge in [0, 0.05) is 51.3 Å². The van der Waals surface area contributed by atoms with Crippen molar-refractivity contribution in [3.05, 3.63) is 18.2 Å². The molecule has 0 saturated carbocycles. The third-order valence-corrected chi connectivity index (χ3v) is 7.48. The highest BCUT2D eigenvalue weighted by molar-refractivity contribution is 7.89. The molecule has 3 rings (SSSR count). The average molecular weight is 427 g/mol. The first-order valence-electron chi connectivity index (χ1n) is 9.81. The van der Waals surface area contributed by atoms with Gasteiger partial charge in [-0.1, -0.05) is 0 Å². The lowest BCUT2D eigenvalue weighted by molar-refractivity contribution is -0.131. The van der Waals surface area contributed by atoms with Gasteiger partial charge in [-0.2, -0.15) is 4.31 Å². The monoisotopic (exact) mass is 426 g/mol. The van der Waals surface area contributed by atoms with Crippen LogP contribution in [0.1, 0.15) is 12.8 Å². The van der Waals surface area contributed by atoms with Gasteiger partial charge in [0.1, 0.15) is 0 Å². The molecule has 2 aliphatic heterocycles. The predicted octanol–water partition coefficient (Wildman–Crippen LogP) is 0.383. The number of rotatable bonds is 6. The molecule has 29 heavy (non-hydrogen) atoms. The van der Waals surface area contributed by atoms with E-state index >= 15 is 0 Å². The minimum atomic E-state index is -3.65. The van der Waals surface area contributed by atoms with Crippen LogP contribution in [0.2, 0.25) is 0 Å². The summed E-state index contributed by atoms with van der Waals surface area (Å²) in [7, 11) is 1.39. The van der Waals surface area contributed by atoms with E-state index < -0.39 is 10.0 Å². The molecule has 0 radical (unpaired) electrons. The Morgan fingerprint density at radius 2 is 1.62 bits per heavy atom. The summed E-state index contributed by atoms with van der Waals surface area (Å²) in [5.74, 6) is 0.657. The van der Waals surface area contributed by atoms with Gasteiger partial charge in [0.15, 0.2) is 11.5 Å². The number of benzene rings is 1. The maximum absolute atomic E-state index is 13.0. The SMILES string of the molecule is COc1ccc(S(=O)(=O)N2CCC(C(=O)NN3CCN(C)CC3)CC2)cc1OC. The number of amides is 1. The Bertz CT molecular complexity index is 816. The third kappa shape index (κ3) is 5.00. The maximum atomic E-state index is 13.0. The Morgan fingerprint density at radius 3 is 2.21 bits per heavy atom. The van der Waals surface area contributed by atoms with Crippen LogP contribution in [0.25, 0.3) is 0 Å². The van der Waals surface area contributed by atoms with E-state index in [1.54, 1.807) is 6.07 Å². The lowest BCUT2D eigenvalue weighted by Gasteiger charge is -2.35. The van der Waals surface area contributed by atoms with Crippen molar-refractivity contribution in [3.8, 4) is 11.5 Å². The molecule has 1 N–H and O–H groups in total. The second kappa shape index (κ2) is 9.29. The van der Waals surface area contributed by atoms with Crippen molar-refractivity contribution in [2.75, 3.05) is 60.5 Å². The molecular formula is C19H30N4O5S. The fourth-order valence-corrected chi connectivity index (χ4v) is 5.14. The van der Waals surface area contributed by atoms with Crippen molar-refractivity contribution in [1.29, 1.82) is 0 Å². The molecular weight excluding hydrogens is 396 g/mol. The highest BCUT2D eigenvalue weighted by Gasteiger charge is 2.33. The molecule has 9 nitrogen and oxygen atoms in total. The number of carbonyl (C=O) groups excluding carboxylic acids is 1. The number of hydrogen-bond acceptors (Lipinski definition) is 7. The second-order valence-corrected chi connectivity index (χ2v) is 9.40. The van der Waals surface area contributed by atoms with E-state index in [2.05, 4.69) is 17.4 Å². The molecule has 1 aromatic rings. The standard InChI is InChI=1S/C19H30N4O5S/c1-21-10-12-22(13-11-21)20-19(24)15-6-8-23(9-7-15)29(25,26)16-4-5-17(27-2)18(14-16)28-3/h4-5,14-15H,6-13H2,1-3H3,(H,20,24). The summed E-state index contributed by atoms with van der Waals surface area (Å²) in [5, 5.41) is 1.95. The largest absolute Gasteiger partial charge is 0.493 e. The van der Waals surface area contributed by atoms with E-state index in [0.29, 0.717) is 37.4 Å². The highest BCUT2D eigenvalue weighted by Crippen LogP contribution is 2.32. The van der Waals surface area contributed by atoms with Gasteiger partial charge < -0.3 is 14.4 Å². The van der Waals surface area contributed by atoms with Gasteiger partial charge >= 0.3 is 0 Å². The van der Waals surface area contributed by atoms with E-state index in [1.807, 2.05) is 5.01 Å². The van der Waals surface area contributed by atoms with Crippen LogP contribution in [-0.2, 0) is 14.8 Å². The summed E-state index contributed by atoms with van der Waals surface area (Å²) in [6, 6.07) is 4.57. The Labute approximate surface area is 172 Å². The molecule has 0 bridgehead atoms. The lowest BCUT2D eigenvalue weighted by Crippen LogP contribution is -2.54. The number of nitrogens with one attached hydrogen (secondary N) is 1. The minimum Gasteiger partial charge on any atom is -0.493 e. The molecule has 162 valence electrons. The number of carbonyl (C=O) groups is 1. The molecule has 2 saturated heterocycles. The molecule has 1 amide bonds. The van der Waals surface area contributed by atoms with Crippen LogP contribution < -0.4 is 14.9 Å². The normalized spacial score (nSPS) is 20.4. The number of likely N-dealkylation sites (N-methyl/N-ethyl adjacent to an activating group) is 1. The summed E-state index contributed by atoms with van der Waals surface area (Å²) in [6.45, 7) is 4.07. The zero-order valence-electron chi connectivity index (χ0n) is 17.3. The Hall–Kier alpha value is -1.88.